The lowest BCUT2D eigenvalue weighted by molar-refractivity contribution is 0.127. The van der Waals surface area contributed by atoms with Crippen LogP contribution in [0.2, 0.25) is 0 Å². The van der Waals surface area contributed by atoms with E-state index < -0.39 is 0 Å². The van der Waals surface area contributed by atoms with Gasteiger partial charge in [0.2, 0.25) is 0 Å². The molecule has 1 aromatic carbocycles. The van der Waals surface area contributed by atoms with E-state index in [1.54, 1.807) is 0 Å². The van der Waals surface area contributed by atoms with Crippen molar-refractivity contribution in [3.63, 3.8) is 0 Å². The Hall–Kier alpha value is -0.900. The van der Waals surface area contributed by atoms with Gasteiger partial charge in [-0.1, -0.05) is 31.2 Å². The molecule has 1 aliphatic heterocycles. The molecule has 0 amide bonds. The molecule has 0 radical (unpaired) electrons. The summed E-state index contributed by atoms with van der Waals surface area (Å²) in [5.74, 6) is 0. The van der Waals surface area contributed by atoms with Gasteiger partial charge in [0.25, 0.3) is 0 Å². The highest BCUT2D eigenvalue weighted by atomic mass is 15.3. The van der Waals surface area contributed by atoms with Gasteiger partial charge >= 0.3 is 0 Å². The Kier molecular flexibility index (Phi) is 5.17. The molecule has 0 aromatic heterocycles. The van der Waals surface area contributed by atoms with Crippen LogP contribution >= 0.6 is 0 Å². The number of piperazine rings is 1. The van der Waals surface area contributed by atoms with Crippen molar-refractivity contribution in [2.45, 2.75) is 26.4 Å². The third-order valence-corrected chi connectivity index (χ3v) is 3.74. The van der Waals surface area contributed by atoms with Crippen LogP contribution in [0.15, 0.2) is 24.3 Å². The van der Waals surface area contributed by atoms with Crippen LogP contribution in [0, 0.1) is 0 Å². The molecule has 0 atom stereocenters. The minimum atomic E-state index is 0.645. The van der Waals surface area contributed by atoms with E-state index in [0.29, 0.717) is 6.54 Å². The Morgan fingerprint density at radius 2 is 1.61 bits per heavy atom. The molecule has 0 aliphatic carbocycles. The Morgan fingerprint density at radius 3 is 2.22 bits per heavy atom. The van der Waals surface area contributed by atoms with Gasteiger partial charge < -0.3 is 10.6 Å². The second kappa shape index (κ2) is 6.88. The molecule has 0 spiro atoms. The Balaban J connectivity index is 1.87. The quantitative estimate of drug-likeness (QED) is 0.859. The summed E-state index contributed by atoms with van der Waals surface area (Å²) < 4.78 is 0. The molecular formula is C15H25N3. The fraction of sp³-hybridized carbons (Fsp3) is 0.600. The lowest BCUT2D eigenvalue weighted by atomic mass is 10.1. The molecule has 3 heteroatoms. The van der Waals surface area contributed by atoms with E-state index in [0.717, 1.165) is 6.54 Å². The number of nitrogens with two attached hydrogens (primary N) is 1. The minimum Gasteiger partial charge on any atom is -0.326 e. The molecule has 18 heavy (non-hydrogen) atoms. The van der Waals surface area contributed by atoms with Gasteiger partial charge in [0.05, 0.1) is 0 Å². The maximum Gasteiger partial charge on any atom is 0.0238 e. The van der Waals surface area contributed by atoms with Gasteiger partial charge in [-0.3, -0.25) is 4.90 Å². The Morgan fingerprint density at radius 1 is 1.00 bits per heavy atom. The molecule has 0 bridgehead atoms. The number of nitrogens with zero attached hydrogens (tertiary/aromatic N) is 2. The highest BCUT2D eigenvalue weighted by Crippen LogP contribution is 2.13. The summed E-state index contributed by atoms with van der Waals surface area (Å²) in [5.41, 5.74) is 8.47. The monoisotopic (exact) mass is 247 g/mol. The second-order valence-electron chi connectivity index (χ2n) is 5.09. The van der Waals surface area contributed by atoms with E-state index in [1.165, 1.54) is 50.3 Å². The molecule has 1 saturated heterocycles. The summed E-state index contributed by atoms with van der Waals surface area (Å²) in [6.07, 6.45) is 1.26. The normalized spacial score (nSPS) is 18.1. The van der Waals surface area contributed by atoms with Gasteiger partial charge in [-0.15, -0.1) is 0 Å². The molecule has 2 N–H and O–H groups in total. The molecule has 100 valence electrons. The van der Waals surface area contributed by atoms with Crippen LogP contribution in [0.5, 0.6) is 0 Å². The van der Waals surface area contributed by atoms with Crippen LogP contribution in [0.4, 0.5) is 0 Å². The zero-order chi connectivity index (χ0) is 12.8. The summed E-state index contributed by atoms with van der Waals surface area (Å²) in [5, 5.41) is 0. The standard InChI is InChI=1S/C15H25N3/c1-2-7-17-8-10-18(11-9-17)13-15-6-4-3-5-14(15)12-16/h3-6H,2,7-13,16H2,1H3. The molecule has 1 heterocycles. The number of hydrogen-bond donors (Lipinski definition) is 1. The highest BCUT2D eigenvalue weighted by molar-refractivity contribution is 5.26. The summed E-state index contributed by atoms with van der Waals surface area (Å²) in [6, 6.07) is 8.54. The van der Waals surface area contributed by atoms with E-state index >= 15 is 0 Å². The summed E-state index contributed by atoms with van der Waals surface area (Å²) >= 11 is 0. The number of hydrogen-bond acceptors (Lipinski definition) is 3. The minimum absolute atomic E-state index is 0.645. The average Bonchev–Trinajstić information content (AvgIpc) is 2.42. The molecule has 1 fully saturated rings. The lowest BCUT2D eigenvalue weighted by Gasteiger charge is -2.34. The maximum atomic E-state index is 5.79. The molecular weight excluding hydrogens is 222 g/mol. The van der Waals surface area contributed by atoms with Crippen LogP contribution < -0.4 is 5.73 Å². The zero-order valence-corrected chi connectivity index (χ0v) is 11.4. The first-order valence-electron chi connectivity index (χ1n) is 7.05. The smallest absolute Gasteiger partial charge is 0.0238 e. The molecule has 3 nitrogen and oxygen atoms in total. The largest absolute Gasteiger partial charge is 0.326 e. The van der Waals surface area contributed by atoms with Crippen molar-refractivity contribution in [2.75, 3.05) is 32.7 Å². The van der Waals surface area contributed by atoms with Crippen LogP contribution in [0.25, 0.3) is 0 Å². The molecule has 0 saturated carbocycles. The van der Waals surface area contributed by atoms with Crippen molar-refractivity contribution >= 4 is 0 Å². The van der Waals surface area contributed by atoms with Crippen molar-refractivity contribution in [3.8, 4) is 0 Å². The molecule has 2 rings (SSSR count). The van der Waals surface area contributed by atoms with Gasteiger partial charge in [-0.05, 0) is 24.1 Å². The third kappa shape index (κ3) is 3.55. The van der Waals surface area contributed by atoms with E-state index in [1.807, 2.05) is 0 Å². The summed E-state index contributed by atoms with van der Waals surface area (Å²) in [4.78, 5) is 5.10. The molecule has 0 unspecified atom stereocenters. The predicted molar refractivity (Wildman–Crippen MR) is 76.3 cm³/mol. The van der Waals surface area contributed by atoms with E-state index in [4.69, 9.17) is 5.73 Å². The predicted octanol–water partition coefficient (Wildman–Crippen LogP) is 1.67. The highest BCUT2D eigenvalue weighted by Gasteiger charge is 2.16. The van der Waals surface area contributed by atoms with Crippen LogP contribution in [0.1, 0.15) is 24.5 Å². The van der Waals surface area contributed by atoms with Crippen LogP contribution in [-0.4, -0.2) is 42.5 Å². The first-order valence-corrected chi connectivity index (χ1v) is 7.05. The van der Waals surface area contributed by atoms with Crippen molar-refractivity contribution < 1.29 is 0 Å². The number of rotatable bonds is 5. The first-order chi connectivity index (χ1) is 8.83. The van der Waals surface area contributed by atoms with Crippen molar-refractivity contribution in [1.82, 2.24) is 9.80 Å². The van der Waals surface area contributed by atoms with E-state index in [-0.39, 0.29) is 0 Å². The Bertz CT molecular complexity index is 357. The first kappa shape index (κ1) is 13.5. The summed E-state index contributed by atoms with van der Waals surface area (Å²) in [7, 11) is 0. The van der Waals surface area contributed by atoms with Crippen LogP contribution in [0.3, 0.4) is 0 Å². The van der Waals surface area contributed by atoms with E-state index in [2.05, 4.69) is 41.0 Å². The third-order valence-electron chi connectivity index (χ3n) is 3.74. The van der Waals surface area contributed by atoms with Gasteiger partial charge in [-0.25, -0.2) is 0 Å². The topological polar surface area (TPSA) is 32.5 Å². The average molecular weight is 247 g/mol. The Labute approximate surface area is 111 Å². The van der Waals surface area contributed by atoms with Gasteiger partial charge in [0.15, 0.2) is 0 Å². The zero-order valence-electron chi connectivity index (χ0n) is 11.4. The van der Waals surface area contributed by atoms with Crippen molar-refractivity contribution in [2.24, 2.45) is 5.73 Å². The van der Waals surface area contributed by atoms with Crippen molar-refractivity contribution in [1.29, 1.82) is 0 Å². The maximum absolute atomic E-state index is 5.79. The van der Waals surface area contributed by atoms with Crippen molar-refractivity contribution in [3.05, 3.63) is 35.4 Å². The van der Waals surface area contributed by atoms with E-state index in [9.17, 15) is 0 Å². The SMILES string of the molecule is CCCN1CCN(Cc2ccccc2CN)CC1. The van der Waals surface area contributed by atoms with Crippen LogP contribution in [-0.2, 0) is 13.1 Å². The summed E-state index contributed by atoms with van der Waals surface area (Å²) in [6.45, 7) is 9.96. The molecule has 1 aromatic rings. The second-order valence-corrected chi connectivity index (χ2v) is 5.09. The van der Waals surface area contributed by atoms with Gasteiger partial charge in [0.1, 0.15) is 0 Å². The van der Waals surface area contributed by atoms with Gasteiger partial charge in [-0.2, -0.15) is 0 Å². The number of benzene rings is 1. The molecule has 1 aliphatic rings. The van der Waals surface area contributed by atoms with Gasteiger partial charge in [0, 0.05) is 39.3 Å². The fourth-order valence-electron chi connectivity index (χ4n) is 2.64. The lowest BCUT2D eigenvalue weighted by Crippen LogP contribution is -2.46. The fourth-order valence-corrected chi connectivity index (χ4v) is 2.64.